The molecule has 1 nitrogen and oxygen atoms in total. The summed E-state index contributed by atoms with van der Waals surface area (Å²) in [5, 5.41) is 17.3. The first kappa shape index (κ1) is 27.5. The Hall–Kier alpha value is -6.05. The Labute approximate surface area is 268 Å². The molecule has 0 aliphatic carbocycles. The Kier molecular flexibility index (Phi) is 6.85. The molecule has 0 amide bonds. The van der Waals surface area contributed by atoms with Crippen molar-refractivity contribution >= 4 is 51.2 Å². The first-order valence-electron chi connectivity index (χ1n) is 15.6. The molecule has 0 saturated carbocycles. The number of benzene rings is 8. The summed E-state index contributed by atoms with van der Waals surface area (Å²) < 4.78 is 0. The number of nitrogens with one attached hydrogen (secondary N) is 1. The third kappa shape index (κ3) is 4.62. The molecule has 0 radical (unpaired) electrons. The van der Waals surface area contributed by atoms with Gasteiger partial charge < -0.3 is 5.41 Å². The van der Waals surface area contributed by atoms with Gasteiger partial charge in [0, 0.05) is 6.21 Å². The van der Waals surface area contributed by atoms with Crippen LogP contribution in [0.2, 0.25) is 0 Å². The molecule has 8 aromatic rings. The molecule has 0 saturated heterocycles. The van der Waals surface area contributed by atoms with Crippen molar-refractivity contribution in [2.24, 2.45) is 0 Å². The van der Waals surface area contributed by atoms with Crippen LogP contribution in [0.25, 0.3) is 89.5 Å². The Morgan fingerprint density at radius 1 is 0.413 bits per heavy atom. The fourth-order valence-electron chi connectivity index (χ4n) is 7.01. The van der Waals surface area contributed by atoms with Gasteiger partial charge in [0.1, 0.15) is 0 Å². The van der Waals surface area contributed by atoms with Crippen molar-refractivity contribution in [1.82, 2.24) is 0 Å². The van der Waals surface area contributed by atoms with Crippen molar-refractivity contribution in [2.45, 2.75) is 0 Å². The molecule has 0 aliphatic heterocycles. The summed E-state index contributed by atoms with van der Waals surface area (Å²) in [6, 6.07) is 56.3. The topological polar surface area (TPSA) is 23.9 Å². The van der Waals surface area contributed by atoms with Crippen LogP contribution in [0.15, 0.2) is 158 Å². The van der Waals surface area contributed by atoms with Gasteiger partial charge in [0.15, 0.2) is 0 Å². The zero-order chi connectivity index (χ0) is 31.0. The average molecular weight is 586 g/mol. The molecule has 0 atom stereocenters. The smallest absolute Gasteiger partial charge is 0.0184 e. The highest BCUT2D eigenvalue weighted by molar-refractivity contribution is 6.14. The van der Waals surface area contributed by atoms with Gasteiger partial charge in [-0.3, -0.25) is 0 Å². The van der Waals surface area contributed by atoms with Crippen LogP contribution in [0.5, 0.6) is 0 Å². The van der Waals surface area contributed by atoms with Gasteiger partial charge in [0.25, 0.3) is 0 Å². The quantitative estimate of drug-likeness (QED) is 0.153. The van der Waals surface area contributed by atoms with Gasteiger partial charge in [-0.2, -0.15) is 0 Å². The van der Waals surface area contributed by atoms with Gasteiger partial charge in [0.05, 0.1) is 0 Å². The summed E-state index contributed by atoms with van der Waals surface area (Å²) in [5.41, 5.74) is 9.17. The van der Waals surface area contributed by atoms with Crippen molar-refractivity contribution in [2.75, 3.05) is 0 Å². The highest BCUT2D eigenvalue weighted by atomic mass is 14.3. The van der Waals surface area contributed by atoms with Crippen LogP contribution in [0, 0.1) is 5.41 Å². The van der Waals surface area contributed by atoms with Gasteiger partial charge in [-0.25, -0.2) is 0 Å². The Bertz CT molecular complexity index is 2540. The lowest BCUT2D eigenvalue weighted by molar-refractivity contribution is 1.52. The molecular weight excluding hydrogens is 555 g/mol. The zero-order valence-corrected chi connectivity index (χ0v) is 25.4. The van der Waals surface area contributed by atoms with Crippen LogP contribution in [0.1, 0.15) is 0 Å². The zero-order valence-electron chi connectivity index (χ0n) is 25.4. The van der Waals surface area contributed by atoms with Gasteiger partial charge in [-0.05, 0) is 105 Å². The van der Waals surface area contributed by atoms with E-state index in [1.54, 1.807) is 0 Å². The first-order valence-corrected chi connectivity index (χ1v) is 15.6. The molecule has 0 aromatic heterocycles. The standard InChI is InChI=1S/C45H31N/c1-30-37(26-27-46)45(36-16-11-15-34(28-36)31-12-3-2-4-13-31)42-21-10-9-20-41(42)44(30)33-24-22-32(23-25-33)43-29-35-14-5-6-17-38(35)39-18-7-8-19-40(39)43/h2-29,46H,1H2/b37-26+,46-27?. The molecular formula is C45H31N. The van der Waals surface area contributed by atoms with E-state index in [1.807, 2.05) is 12.1 Å². The molecule has 1 heteroatoms. The van der Waals surface area contributed by atoms with E-state index < -0.39 is 0 Å². The first-order chi connectivity index (χ1) is 22.7. The summed E-state index contributed by atoms with van der Waals surface area (Å²) >= 11 is 0. The molecule has 0 spiro atoms. The van der Waals surface area contributed by atoms with E-state index in [9.17, 15) is 0 Å². The van der Waals surface area contributed by atoms with E-state index in [0.717, 1.165) is 49.0 Å². The molecule has 1 N–H and O–H groups in total. The largest absolute Gasteiger partial charge is 0.309 e. The minimum absolute atomic E-state index is 0.922. The van der Waals surface area contributed by atoms with Gasteiger partial charge >= 0.3 is 0 Å². The molecule has 216 valence electrons. The normalized spacial score (nSPS) is 11.8. The maximum Gasteiger partial charge on any atom is 0.0184 e. The number of hydrogen-bond acceptors (Lipinski definition) is 1. The van der Waals surface area contributed by atoms with Gasteiger partial charge in [-0.15, -0.1) is 0 Å². The maximum absolute atomic E-state index is 8.09. The van der Waals surface area contributed by atoms with Crippen LogP contribution < -0.4 is 10.4 Å². The van der Waals surface area contributed by atoms with Crippen LogP contribution in [-0.4, -0.2) is 6.21 Å². The van der Waals surface area contributed by atoms with Gasteiger partial charge in [0.2, 0.25) is 0 Å². The van der Waals surface area contributed by atoms with Crippen molar-refractivity contribution in [3.8, 4) is 44.5 Å². The molecule has 0 aliphatic rings. The predicted octanol–water partition coefficient (Wildman–Crippen LogP) is 10.7. The number of rotatable bonds is 5. The highest BCUT2D eigenvalue weighted by Gasteiger charge is 2.15. The molecule has 8 aromatic carbocycles. The van der Waals surface area contributed by atoms with Crippen molar-refractivity contribution in [1.29, 1.82) is 5.41 Å². The minimum Gasteiger partial charge on any atom is -0.309 e. The Balaban J connectivity index is 1.32. The van der Waals surface area contributed by atoms with E-state index in [2.05, 4.69) is 158 Å². The molecule has 0 heterocycles. The molecule has 46 heavy (non-hydrogen) atoms. The average Bonchev–Trinajstić information content (AvgIpc) is 3.12. The van der Waals surface area contributed by atoms with Crippen LogP contribution in [0.3, 0.4) is 0 Å². The van der Waals surface area contributed by atoms with Crippen LogP contribution >= 0.6 is 0 Å². The summed E-state index contributed by atoms with van der Waals surface area (Å²) in [6.07, 6.45) is 3.26. The van der Waals surface area contributed by atoms with E-state index in [0.29, 0.717) is 0 Å². The van der Waals surface area contributed by atoms with E-state index in [1.165, 1.54) is 44.4 Å². The van der Waals surface area contributed by atoms with Gasteiger partial charge in [-0.1, -0.05) is 152 Å². The fraction of sp³-hybridized carbons (Fsp3) is 0. The minimum atomic E-state index is 0.922. The lowest BCUT2D eigenvalue weighted by Crippen LogP contribution is -2.28. The summed E-state index contributed by atoms with van der Waals surface area (Å²) in [5.74, 6) is 0. The Morgan fingerprint density at radius 3 is 1.72 bits per heavy atom. The molecule has 0 unspecified atom stereocenters. The fourth-order valence-corrected chi connectivity index (χ4v) is 7.01. The van der Waals surface area contributed by atoms with E-state index in [-0.39, 0.29) is 0 Å². The molecule has 0 bridgehead atoms. The lowest BCUT2D eigenvalue weighted by atomic mass is 9.87. The van der Waals surface area contributed by atoms with Crippen molar-refractivity contribution in [3.05, 3.63) is 168 Å². The monoisotopic (exact) mass is 585 g/mol. The van der Waals surface area contributed by atoms with E-state index in [4.69, 9.17) is 5.41 Å². The second-order valence-electron chi connectivity index (χ2n) is 11.7. The van der Waals surface area contributed by atoms with Crippen LogP contribution in [-0.2, 0) is 0 Å². The van der Waals surface area contributed by atoms with E-state index >= 15 is 0 Å². The second kappa shape index (κ2) is 11.5. The Morgan fingerprint density at radius 2 is 0.978 bits per heavy atom. The van der Waals surface area contributed by atoms with Crippen molar-refractivity contribution in [3.63, 3.8) is 0 Å². The summed E-state index contributed by atoms with van der Waals surface area (Å²) in [6.45, 7) is 4.65. The van der Waals surface area contributed by atoms with Crippen LogP contribution in [0.4, 0.5) is 0 Å². The lowest BCUT2D eigenvalue weighted by Gasteiger charge is -2.16. The summed E-state index contributed by atoms with van der Waals surface area (Å²) in [4.78, 5) is 0. The summed E-state index contributed by atoms with van der Waals surface area (Å²) in [7, 11) is 0. The maximum atomic E-state index is 8.09. The van der Waals surface area contributed by atoms with Crippen molar-refractivity contribution < 1.29 is 0 Å². The number of fused-ring (bicyclic) bond motifs is 4. The third-order valence-electron chi connectivity index (χ3n) is 9.12. The highest BCUT2D eigenvalue weighted by Crippen LogP contribution is 2.37. The molecule has 8 rings (SSSR count). The SMILES string of the molecule is C=c1c(-c2ccc(-c3cc4ccccc4c4ccccc34)cc2)c2ccccc2c(-c2cccc(-c3ccccc3)c2)/c1=C/C=N. The molecule has 0 fully saturated rings. The third-order valence-corrected chi connectivity index (χ3v) is 9.12. The second-order valence-corrected chi connectivity index (χ2v) is 11.7. The number of hydrogen-bond donors (Lipinski definition) is 1. The predicted molar refractivity (Wildman–Crippen MR) is 199 cm³/mol.